The number of piperidine rings is 1. The van der Waals surface area contributed by atoms with E-state index >= 15 is 0 Å². The summed E-state index contributed by atoms with van der Waals surface area (Å²) in [6.07, 6.45) is 5.22. The molecule has 3 nitrogen and oxygen atoms in total. The van der Waals surface area contributed by atoms with Crippen LogP contribution in [0, 0.1) is 11.8 Å². The molecule has 1 fully saturated rings. The van der Waals surface area contributed by atoms with E-state index in [2.05, 4.69) is 32.6 Å². The van der Waals surface area contributed by atoms with Gasteiger partial charge in [0.2, 0.25) is 5.91 Å². The Morgan fingerprint density at radius 3 is 2.28 bits per heavy atom. The summed E-state index contributed by atoms with van der Waals surface area (Å²) in [6.45, 7) is 9.36. The van der Waals surface area contributed by atoms with Crippen molar-refractivity contribution in [3.8, 4) is 0 Å². The molecule has 3 atom stereocenters. The molecular weight excluding hydrogens is 224 g/mol. The van der Waals surface area contributed by atoms with Crippen LogP contribution in [0.2, 0.25) is 0 Å². The molecule has 106 valence electrons. The molecule has 3 heteroatoms. The van der Waals surface area contributed by atoms with Gasteiger partial charge in [0.25, 0.3) is 0 Å². The first-order valence-corrected chi connectivity index (χ1v) is 7.46. The molecule has 2 unspecified atom stereocenters. The molecule has 0 aliphatic carbocycles. The van der Waals surface area contributed by atoms with Gasteiger partial charge in [-0.1, -0.05) is 13.8 Å². The highest BCUT2D eigenvalue weighted by atomic mass is 16.2. The minimum Gasteiger partial charge on any atom is -0.337 e. The number of nitrogens with zero attached hydrogens (tertiary/aromatic N) is 1. The van der Waals surface area contributed by atoms with E-state index in [9.17, 15) is 4.79 Å². The average Bonchev–Trinajstić information content (AvgIpc) is 2.27. The van der Waals surface area contributed by atoms with Crippen LogP contribution >= 0.6 is 0 Å². The fraction of sp³-hybridized carbons (Fsp3) is 0.933. The van der Waals surface area contributed by atoms with Crippen LogP contribution in [0.5, 0.6) is 0 Å². The molecule has 2 N–H and O–H groups in total. The zero-order valence-corrected chi connectivity index (χ0v) is 12.5. The zero-order valence-electron chi connectivity index (χ0n) is 12.5. The Bertz CT molecular complexity index is 255. The van der Waals surface area contributed by atoms with Crippen molar-refractivity contribution in [3.63, 3.8) is 0 Å². The molecule has 0 aromatic carbocycles. The van der Waals surface area contributed by atoms with Crippen LogP contribution in [0.25, 0.3) is 0 Å². The molecule has 18 heavy (non-hydrogen) atoms. The SMILES string of the molecule is CC(C)C[C@H](CN)CC(=O)N1C(C)CCCC1C. The molecule has 1 saturated heterocycles. The Labute approximate surface area is 112 Å². The summed E-state index contributed by atoms with van der Waals surface area (Å²) in [4.78, 5) is 14.5. The maximum Gasteiger partial charge on any atom is 0.223 e. The van der Waals surface area contributed by atoms with Crippen LogP contribution in [0.3, 0.4) is 0 Å². The topological polar surface area (TPSA) is 46.3 Å². The van der Waals surface area contributed by atoms with Gasteiger partial charge in [-0.05, 0) is 57.9 Å². The molecule has 1 aliphatic heterocycles. The number of hydrogen-bond donors (Lipinski definition) is 1. The quantitative estimate of drug-likeness (QED) is 0.820. The van der Waals surface area contributed by atoms with Crippen molar-refractivity contribution in [2.24, 2.45) is 17.6 Å². The Kier molecular flexibility index (Phi) is 6.13. The number of amides is 1. The predicted molar refractivity (Wildman–Crippen MR) is 76.2 cm³/mol. The van der Waals surface area contributed by atoms with Crippen molar-refractivity contribution in [1.82, 2.24) is 4.90 Å². The van der Waals surface area contributed by atoms with Crippen LogP contribution in [-0.2, 0) is 4.79 Å². The van der Waals surface area contributed by atoms with Gasteiger partial charge in [-0.25, -0.2) is 0 Å². The molecule has 0 bridgehead atoms. The molecule has 0 saturated carbocycles. The second kappa shape index (κ2) is 7.13. The molecule has 1 amide bonds. The van der Waals surface area contributed by atoms with Gasteiger partial charge in [0.1, 0.15) is 0 Å². The summed E-state index contributed by atoms with van der Waals surface area (Å²) in [5, 5.41) is 0. The summed E-state index contributed by atoms with van der Waals surface area (Å²) >= 11 is 0. The summed E-state index contributed by atoms with van der Waals surface area (Å²) in [5.74, 6) is 1.27. The highest BCUT2D eigenvalue weighted by Crippen LogP contribution is 2.25. The first kappa shape index (κ1) is 15.5. The minimum atomic E-state index is 0.311. The monoisotopic (exact) mass is 254 g/mol. The third-order valence-corrected chi connectivity index (χ3v) is 4.08. The number of carbonyl (C=O) groups excluding carboxylic acids is 1. The molecule has 0 aromatic rings. The van der Waals surface area contributed by atoms with E-state index in [1.54, 1.807) is 0 Å². The van der Waals surface area contributed by atoms with Crippen LogP contribution < -0.4 is 5.73 Å². The normalized spacial score (nSPS) is 26.4. The standard InChI is InChI=1S/C15H30N2O/c1-11(2)8-14(10-16)9-15(18)17-12(3)6-5-7-13(17)4/h11-14H,5-10,16H2,1-4H3/t12?,13?,14-/m0/s1. The molecule has 0 radical (unpaired) electrons. The van der Waals surface area contributed by atoms with E-state index in [1.807, 2.05) is 0 Å². The second-order valence-electron chi connectivity index (χ2n) is 6.37. The third kappa shape index (κ3) is 4.27. The van der Waals surface area contributed by atoms with E-state index in [-0.39, 0.29) is 0 Å². The van der Waals surface area contributed by atoms with Gasteiger partial charge in [-0.2, -0.15) is 0 Å². The van der Waals surface area contributed by atoms with Gasteiger partial charge in [0.15, 0.2) is 0 Å². The van der Waals surface area contributed by atoms with E-state index in [0.717, 1.165) is 19.3 Å². The molecule has 0 aromatic heterocycles. The van der Waals surface area contributed by atoms with Gasteiger partial charge in [0, 0.05) is 18.5 Å². The highest BCUT2D eigenvalue weighted by molar-refractivity contribution is 5.77. The van der Waals surface area contributed by atoms with Crippen LogP contribution in [0.4, 0.5) is 0 Å². The maximum absolute atomic E-state index is 12.4. The largest absolute Gasteiger partial charge is 0.337 e. The summed E-state index contributed by atoms with van der Waals surface area (Å²) in [6, 6.07) is 0.803. The Morgan fingerprint density at radius 1 is 1.28 bits per heavy atom. The summed E-state index contributed by atoms with van der Waals surface area (Å²) < 4.78 is 0. The summed E-state index contributed by atoms with van der Waals surface area (Å²) in [7, 11) is 0. The number of nitrogens with two attached hydrogens (primary N) is 1. The molecule has 1 rings (SSSR count). The van der Waals surface area contributed by atoms with Crippen molar-refractivity contribution in [2.75, 3.05) is 6.54 Å². The molecule has 0 spiro atoms. The lowest BCUT2D eigenvalue weighted by Crippen LogP contribution is -2.48. The van der Waals surface area contributed by atoms with Gasteiger partial charge in [-0.15, -0.1) is 0 Å². The lowest BCUT2D eigenvalue weighted by atomic mass is 9.91. The molecule has 1 aliphatic rings. The average molecular weight is 254 g/mol. The maximum atomic E-state index is 12.4. The van der Waals surface area contributed by atoms with Crippen LogP contribution in [0.1, 0.15) is 59.8 Å². The predicted octanol–water partition coefficient (Wildman–Crippen LogP) is 2.79. The zero-order chi connectivity index (χ0) is 13.7. The first-order chi connectivity index (χ1) is 8.45. The van der Waals surface area contributed by atoms with E-state index < -0.39 is 0 Å². The summed E-state index contributed by atoms with van der Waals surface area (Å²) in [5.41, 5.74) is 5.80. The third-order valence-electron chi connectivity index (χ3n) is 4.08. The smallest absolute Gasteiger partial charge is 0.223 e. The fourth-order valence-corrected chi connectivity index (χ4v) is 3.19. The molecule has 1 heterocycles. The lowest BCUT2D eigenvalue weighted by molar-refractivity contribution is -0.138. The first-order valence-electron chi connectivity index (χ1n) is 7.46. The Morgan fingerprint density at radius 2 is 1.83 bits per heavy atom. The van der Waals surface area contributed by atoms with Crippen molar-refractivity contribution >= 4 is 5.91 Å². The van der Waals surface area contributed by atoms with Gasteiger partial charge < -0.3 is 10.6 Å². The van der Waals surface area contributed by atoms with Crippen LogP contribution in [0.15, 0.2) is 0 Å². The number of rotatable bonds is 5. The van der Waals surface area contributed by atoms with Gasteiger partial charge >= 0.3 is 0 Å². The number of likely N-dealkylation sites (tertiary alicyclic amines) is 1. The van der Waals surface area contributed by atoms with Crippen molar-refractivity contribution in [3.05, 3.63) is 0 Å². The second-order valence-corrected chi connectivity index (χ2v) is 6.37. The van der Waals surface area contributed by atoms with Crippen LogP contribution in [-0.4, -0.2) is 29.4 Å². The van der Waals surface area contributed by atoms with E-state index in [1.165, 1.54) is 6.42 Å². The highest BCUT2D eigenvalue weighted by Gasteiger charge is 2.29. The Hall–Kier alpha value is -0.570. The number of carbonyl (C=O) groups is 1. The fourth-order valence-electron chi connectivity index (χ4n) is 3.19. The van der Waals surface area contributed by atoms with Gasteiger partial charge in [0.05, 0.1) is 0 Å². The van der Waals surface area contributed by atoms with Gasteiger partial charge in [-0.3, -0.25) is 4.79 Å². The number of hydrogen-bond acceptors (Lipinski definition) is 2. The minimum absolute atomic E-state index is 0.311. The Balaban J connectivity index is 2.56. The van der Waals surface area contributed by atoms with E-state index in [4.69, 9.17) is 5.73 Å². The van der Waals surface area contributed by atoms with Crippen molar-refractivity contribution in [1.29, 1.82) is 0 Å². The van der Waals surface area contributed by atoms with Crippen molar-refractivity contribution < 1.29 is 4.79 Å². The van der Waals surface area contributed by atoms with Crippen molar-refractivity contribution in [2.45, 2.75) is 71.9 Å². The van der Waals surface area contributed by atoms with E-state index in [0.29, 0.717) is 42.8 Å². The lowest BCUT2D eigenvalue weighted by Gasteiger charge is -2.39. The molecular formula is C15H30N2O.